The third-order valence-electron chi connectivity index (χ3n) is 3.06. The molecule has 0 radical (unpaired) electrons. The predicted molar refractivity (Wildman–Crippen MR) is 80.4 cm³/mol. The molecule has 0 aromatic heterocycles. The number of amides is 2. The van der Waals surface area contributed by atoms with Crippen molar-refractivity contribution in [1.82, 2.24) is 5.32 Å². The second-order valence-corrected chi connectivity index (χ2v) is 4.73. The highest BCUT2D eigenvalue weighted by Crippen LogP contribution is 2.19. The van der Waals surface area contributed by atoms with Crippen molar-refractivity contribution < 1.29 is 27.7 Å². The van der Waals surface area contributed by atoms with Crippen LogP contribution in [0.25, 0.3) is 0 Å². The third kappa shape index (κ3) is 4.10. The molecular weight excluding hydrogens is 343 g/mol. The molecule has 25 heavy (non-hydrogen) atoms. The van der Waals surface area contributed by atoms with Gasteiger partial charge < -0.3 is 10.6 Å². The molecule has 10 heteroatoms. The fraction of sp³-hybridized carbons (Fsp3) is 0.0667. The Hall–Kier alpha value is -3.43. The lowest BCUT2D eigenvalue weighted by Gasteiger charge is -2.08. The predicted octanol–water partition coefficient (Wildman–Crippen LogP) is 2.38. The first-order chi connectivity index (χ1) is 11.8. The number of hydrogen-bond acceptors (Lipinski definition) is 4. The van der Waals surface area contributed by atoms with E-state index in [1.807, 2.05) is 5.32 Å². The van der Waals surface area contributed by atoms with Crippen LogP contribution in [0.3, 0.4) is 0 Å². The molecule has 0 aliphatic rings. The van der Waals surface area contributed by atoms with Gasteiger partial charge in [0.2, 0.25) is 5.91 Å². The number of carbonyl (C=O) groups excluding carboxylic acids is 2. The summed E-state index contributed by atoms with van der Waals surface area (Å²) in [5.74, 6) is -6.58. The van der Waals surface area contributed by atoms with Gasteiger partial charge in [-0.2, -0.15) is 0 Å². The number of rotatable bonds is 5. The highest BCUT2D eigenvalue weighted by Gasteiger charge is 2.20. The number of hydrogen-bond donors (Lipinski definition) is 2. The third-order valence-corrected chi connectivity index (χ3v) is 3.06. The van der Waals surface area contributed by atoms with Gasteiger partial charge in [0.1, 0.15) is 5.56 Å². The summed E-state index contributed by atoms with van der Waals surface area (Å²) >= 11 is 0. The van der Waals surface area contributed by atoms with Crippen LogP contribution in [-0.4, -0.2) is 23.3 Å². The Labute approximate surface area is 138 Å². The Balaban J connectivity index is 2.02. The van der Waals surface area contributed by atoms with Crippen LogP contribution in [0.1, 0.15) is 10.4 Å². The average Bonchev–Trinajstić information content (AvgIpc) is 2.60. The number of nitrogens with zero attached hydrogens (tertiary/aromatic N) is 1. The quantitative estimate of drug-likeness (QED) is 0.489. The summed E-state index contributed by atoms with van der Waals surface area (Å²) < 4.78 is 39.3. The van der Waals surface area contributed by atoms with Crippen molar-refractivity contribution in [1.29, 1.82) is 0 Å². The molecule has 130 valence electrons. The highest BCUT2D eigenvalue weighted by atomic mass is 19.2. The minimum Gasteiger partial charge on any atom is -0.343 e. The fourth-order valence-electron chi connectivity index (χ4n) is 1.90. The second-order valence-electron chi connectivity index (χ2n) is 4.73. The van der Waals surface area contributed by atoms with Gasteiger partial charge in [0.05, 0.1) is 17.2 Å². The molecule has 0 saturated heterocycles. The van der Waals surface area contributed by atoms with Crippen molar-refractivity contribution in [3.63, 3.8) is 0 Å². The van der Waals surface area contributed by atoms with Crippen molar-refractivity contribution in [2.75, 3.05) is 11.9 Å². The average molecular weight is 353 g/mol. The van der Waals surface area contributed by atoms with Gasteiger partial charge in [0.25, 0.3) is 11.6 Å². The van der Waals surface area contributed by atoms with Crippen molar-refractivity contribution >= 4 is 23.2 Å². The molecule has 0 spiro atoms. The number of halogens is 3. The largest absolute Gasteiger partial charge is 0.343 e. The summed E-state index contributed by atoms with van der Waals surface area (Å²) in [7, 11) is 0. The molecule has 2 N–H and O–H groups in total. The zero-order valence-electron chi connectivity index (χ0n) is 12.4. The number of nitro groups is 1. The fourth-order valence-corrected chi connectivity index (χ4v) is 1.90. The molecule has 0 aliphatic carbocycles. The number of para-hydroxylation sites is 1. The highest BCUT2D eigenvalue weighted by molar-refractivity contribution is 6.01. The van der Waals surface area contributed by atoms with Crippen molar-refractivity contribution in [3.8, 4) is 0 Å². The van der Waals surface area contributed by atoms with Gasteiger partial charge >= 0.3 is 0 Å². The van der Waals surface area contributed by atoms with Gasteiger partial charge in [-0.05, 0) is 18.2 Å². The van der Waals surface area contributed by atoms with E-state index in [4.69, 9.17) is 0 Å². The van der Waals surface area contributed by atoms with Crippen LogP contribution in [0.4, 0.5) is 24.5 Å². The number of anilines is 1. The van der Waals surface area contributed by atoms with E-state index in [9.17, 15) is 32.9 Å². The molecular formula is C15H10F3N3O4. The van der Waals surface area contributed by atoms with E-state index < -0.39 is 52.1 Å². The molecule has 0 heterocycles. The first kappa shape index (κ1) is 17.9. The lowest BCUT2D eigenvalue weighted by atomic mass is 10.1. The van der Waals surface area contributed by atoms with Crippen molar-refractivity contribution in [2.45, 2.75) is 0 Å². The lowest BCUT2D eigenvalue weighted by molar-refractivity contribution is -0.385. The van der Waals surface area contributed by atoms with Gasteiger partial charge in [-0.15, -0.1) is 0 Å². The van der Waals surface area contributed by atoms with Crippen LogP contribution >= 0.6 is 0 Å². The molecule has 0 aliphatic heterocycles. The summed E-state index contributed by atoms with van der Waals surface area (Å²) in [4.78, 5) is 33.7. The van der Waals surface area contributed by atoms with Crippen LogP contribution in [0, 0.1) is 27.6 Å². The Morgan fingerprint density at radius 2 is 1.72 bits per heavy atom. The standard InChI is InChI=1S/C15H10F3N3O4/c16-9-5-6-10(14(18)13(9)17)20-12(22)7-19-15(23)8-3-1-2-4-11(8)21(24)25/h1-6H,7H2,(H,19,23)(H,20,22). The van der Waals surface area contributed by atoms with Crippen molar-refractivity contribution in [2.24, 2.45) is 0 Å². The van der Waals surface area contributed by atoms with Gasteiger partial charge in [-0.1, -0.05) is 12.1 Å². The van der Waals surface area contributed by atoms with Crippen LogP contribution in [0.15, 0.2) is 36.4 Å². The molecule has 7 nitrogen and oxygen atoms in total. The maximum absolute atomic E-state index is 13.4. The van der Waals surface area contributed by atoms with E-state index in [-0.39, 0.29) is 5.56 Å². The molecule has 2 aromatic rings. The summed E-state index contributed by atoms with van der Waals surface area (Å²) in [6.07, 6.45) is 0. The normalized spacial score (nSPS) is 10.2. The molecule has 0 unspecified atom stereocenters. The minimum absolute atomic E-state index is 0.265. The number of nitrogens with one attached hydrogen (secondary N) is 2. The van der Waals surface area contributed by atoms with E-state index in [1.54, 1.807) is 0 Å². The summed E-state index contributed by atoms with van der Waals surface area (Å²) in [6.45, 7) is -0.663. The maximum atomic E-state index is 13.4. The van der Waals surface area contributed by atoms with E-state index in [0.717, 1.165) is 12.1 Å². The topological polar surface area (TPSA) is 101 Å². The van der Waals surface area contributed by atoms with Crippen LogP contribution in [0.2, 0.25) is 0 Å². The Morgan fingerprint density at radius 3 is 2.40 bits per heavy atom. The maximum Gasteiger partial charge on any atom is 0.282 e. The summed E-state index contributed by atoms with van der Waals surface area (Å²) in [5.41, 5.74) is -1.32. The first-order valence-electron chi connectivity index (χ1n) is 6.76. The van der Waals surface area contributed by atoms with Gasteiger partial charge in [0.15, 0.2) is 17.5 Å². The van der Waals surface area contributed by atoms with E-state index in [2.05, 4.69) is 5.32 Å². The Bertz CT molecular complexity index is 858. The van der Waals surface area contributed by atoms with Crippen LogP contribution in [0.5, 0.6) is 0 Å². The monoisotopic (exact) mass is 353 g/mol. The second kappa shape index (κ2) is 7.43. The SMILES string of the molecule is O=C(CNC(=O)c1ccccc1[N+](=O)[O-])Nc1ccc(F)c(F)c1F. The van der Waals surface area contributed by atoms with Gasteiger partial charge in [-0.25, -0.2) is 13.2 Å². The van der Waals surface area contributed by atoms with Gasteiger partial charge in [0, 0.05) is 6.07 Å². The van der Waals surface area contributed by atoms with Gasteiger partial charge in [-0.3, -0.25) is 19.7 Å². The van der Waals surface area contributed by atoms with E-state index in [0.29, 0.717) is 6.07 Å². The minimum atomic E-state index is -1.75. The zero-order chi connectivity index (χ0) is 18.6. The van der Waals surface area contributed by atoms with E-state index in [1.165, 1.54) is 18.2 Å². The lowest BCUT2D eigenvalue weighted by Crippen LogP contribution is -2.33. The molecule has 2 aromatic carbocycles. The Morgan fingerprint density at radius 1 is 1.04 bits per heavy atom. The number of nitro benzene ring substituents is 1. The molecule has 0 saturated carbocycles. The molecule has 2 amide bonds. The molecule has 0 bridgehead atoms. The van der Waals surface area contributed by atoms with E-state index >= 15 is 0 Å². The zero-order valence-corrected chi connectivity index (χ0v) is 12.4. The van der Waals surface area contributed by atoms with Crippen molar-refractivity contribution in [3.05, 3.63) is 69.5 Å². The Kier molecular flexibility index (Phi) is 5.32. The number of benzene rings is 2. The van der Waals surface area contributed by atoms with Crippen LogP contribution in [-0.2, 0) is 4.79 Å². The molecule has 0 fully saturated rings. The number of carbonyl (C=O) groups is 2. The van der Waals surface area contributed by atoms with Crippen LogP contribution < -0.4 is 10.6 Å². The first-order valence-corrected chi connectivity index (χ1v) is 6.76. The summed E-state index contributed by atoms with van der Waals surface area (Å²) in [5, 5.41) is 14.9. The molecule has 2 rings (SSSR count). The summed E-state index contributed by atoms with van der Waals surface area (Å²) in [6, 6.07) is 6.52. The smallest absolute Gasteiger partial charge is 0.282 e. The molecule has 0 atom stereocenters.